The SMILES string of the molecule is C[C@H](NCC(=O)[C@@H](N)CCCCN)C(=O)COI. The molecule has 0 saturated heterocycles. The molecule has 0 amide bonds. The van der Waals surface area contributed by atoms with Crippen LogP contribution in [0, 0.1) is 0 Å². The lowest BCUT2D eigenvalue weighted by Gasteiger charge is -2.14. The van der Waals surface area contributed by atoms with Crippen molar-refractivity contribution in [2.45, 2.75) is 38.3 Å². The number of hydrogen-bond donors (Lipinski definition) is 3. The number of carbonyl (C=O) groups is 2. The molecular weight excluding hydrogens is 349 g/mol. The predicted octanol–water partition coefficient (Wildman–Crippen LogP) is -0.0744. The Hall–Kier alpha value is -0.0900. The Morgan fingerprint density at radius 3 is 2.56 bits per heavy atom. The van der Waals surface area contributed by atoms with Crippen molar-refractivity contribution < 1.29 is 12.7 Å². The van der Waals surface area contributed by atoms with E-state index in [2.05, 4.69) is 5.32 Å². The largest absolute Gasteiger partial charge is 0.330 e. The molecule has 0 aliphatic rings. The Balaban J connectivity index is 3.83. The van der Waals surface area contributed by atoms with Gasteiger partial charge in [-0.1, -0.05) is 6.42 Å². The first-order chi connectivity index (χ1) is 8.52. The van der Waals surface area contributed by atoms with E-state index < -0.39 is 12.1 Å². The van der Waals surface area contributed by atoms with E-state index in [-0.39, 0.29) is 24.7 Å². The zero-order valence-electron chi connectivity index (χ0n) is 10.7. The molecule has 0 bridgehead atoms. The highest BCUT2D eigenvalue weighted by Gasteiger charge is 2.17. The topological polar surface area (TPSA) is 107 Å². The zero-order chi connectivity index (χ0) is 14.0. The molecule has 2 atom stereocenters. The molecule has 0 aromatic carbocycles. The van der Waals surface area contributed by atoms with Gasteiger partial charge in [-0.3, -0.25) is 9.59 Å². The maximum Gasteiger partial charge on any atom is 0.176 e. The lowest BCUT2D eigenvalue weighted by atomic mass is 10.1. The van der Waals surface area contributed by atoms with Gasteiger partial charge in [0, 0.05) is 0 Å². The standard InChI is InChI=1S/C11H22IN3O3/c1-8(11(17)7-18-12)15-6-10(16)9(14)4-2-3-5-13/h8-9,15H,2-7,13-14H2,1H3/t8-,9-/m0/s1. The van der Waals surface area contributed by atoms with Crippen LogP contribution in [-0.2, 0) is 12.7 Å². The molecule has 7 heteroatoms. The summed E-state index contributed by atoms with van der Waals surface area (Å²) >= 11 is 1.66. The van der Waals surface area contributed by atoms with Crippen LogP contribution in [0.25, 0.3) is 0 Å². The van der Waals surface area contributed by atoms with Gasteiger partial charge in [-0.25, -0.2) is 0 Å². The summed E-state index contributed by atoms with van der Waals surface area (Å²) in [6, 6.07) is -0.882. The molecule has 0 aliphatic carbocycles. The highest BCUT2D eigenvalue weighted by Crippen LogP contribution is 1.99. The molecule has 0 heterocycles. The number of nitrogens with two attached hydrogens (primary N) is 2. The molecule has 0 rings (SSSR count). The second-order valence-corrected chi connectivity index (χ2v) is 4.80. The summed E-state index contributed by atoms with van der Waals surface area (Å²) in [5, 5.41) is 2.85. The Morgan fingerprint density at radius 2 is 2.00 bits per heavy atom. The minimum absolute atomic E-state index is 0.0332. The van der Waals surface area contributed by atoms with Crippen molar-refractivity contribution in [2.75, 3.05) is 19.7 Å². The molecule has 0 aliphatic heterocycles. The first kappa shape index (κ1) is 17.9. The third kappa shape index (κ3) is 8.09. The molecule has 0 spiro atoms. The summed E-state index contributed by atoms with van der Waals surface area (Å²) in [6.07, 6.45) is 2.35. The number of ketones is 2. The smallest absolute Gasteiger partial charge is 0.176 e. The summed E-state index contributed by atoms with van der Waals surface area (Å²) in [6.45, 7) is 2.45. The van der Waals surface area contributed by atoms with Crippen LogP contribution in [0.1, 0.15) is 26.2 Å². The van der Waals surface area contributed by atoms with E-state index in [1.165, 1.54) is 0 Å². The van der Waals surface area contributed by atoms with E-state index in [1.54, 1.807) is 29.9 Å². The molecule has 106 valence electrons. The van der Waals surface area contributed by atoms with Crippen LogP contribution in [0.4, 0.5) is 0 Å². The van der Waals surface area contributed by atoms with Gasteiger partial charge in [-0.2, -0.15) is 0 Å². The van der Waals surface area contributed by atoms with Gasteiger partial charge in [-0.15, -0.1) is 0 Å². The van der Waals surface area contributed by atoms with Crippen LogP contribution in [0.2, 0.25) is 0 Å². The van der Waals surface area contributed by atoms with Gasteiger partial charge in [0.2, 0.25) is 0 Å². The summed E-state index contributed by atoms with van der Waals surface area (Å²) in [5.74, 6) is -0.170. The Labute approximate surface area is 122 Å². The number of carbonyl (C=O) groups excluding carboxylic acids is 2. The summed E-state index contributed by atoms with van der Waals surface area (Å²) in [4.78, 5) is 23.0. The molecule has 18 heavy (non-hydrogen) atoms. The maximum atomic E-state index is 11.7. The molecule has 0 radical (unpaired) electrons. The molecule has 0 fully saturated rings. The third-order valence-corrected chi connectivity index (χ3v) is 2.96. The summed E-state index contributed by atoms with van der Waals surface area (Å²) in [7, 11) is 0. The van der Waals surface area contributed by atoms with Crippen molar-refractivity contribution in [3.8, 4) is 0 Å². The van der Waals surface area contributed by atoms with Crippen LogP contribution in [0.5, 0.6) is 0 Å². The Morgan fingerprint density at radius 1 is 1.33 bits per heavy atom. The van der Waals surface area contributed by atoms with Crippen LogP contribution in [0.3, 0.4) is 0 Å². The van der Waals surface area contributed by atoms with E-state index in [0.29, 0.717) is 13.0 Å². The van der Waals surface area contributed by atoms with E-state index in [4.69, 9.17) is 14.5 Å². The fourth-order valence-corrected chi connectivity index (χ4v) is 1.65. The average molecular weight is 371 g/mol. The lowest BCUT2D eigenvalue weighted by Crippen LogP contribution is -2.43. The van der Waals surface area contributed by atoms with E-state index in [0.717, 1.165) is 12.8 Å². The number of halogens is 1. The molecule has 6 nitrogen and oxygen atoms in total. The predicted molar refractivity (Wildman–Crippen MR) is 78.3 cm³/mol. The van der Waals surface area contributed by atoms with Crippen LogP contribution in [-0.4, -0.2) is 43.3 Å². The number of nitrogens with one attached hydrogen (secondary N) is 1. The fourth-order valence-electron chi connectivity index (χ4n) is 1.35. The number of rotatable bonds is 11. The van der Waals surface area contributed by atoms with Gasteiger partial charge >= 0.3 is 0 Å². The lowest BCUT2D eigenvalue weighted by molar-refractivity contribution is -0.122. The number of unbranched alkanes of at least 4 members (excludes halogenated alkanes) is 1. The van der Waals surface area contributed by atoms with Gasteiger partial charge < -0.3 is 19.9 Å². The second kappa shape index (κ2) is 10.8. The van der Waals surface area contributed by atoms with Crippen molar-refractivity contribution in [3.63, 3.8) is 0 Å². The number of hydrogen-bond acceptors (Lipinski definition) is 6. The molecule has 5 N–H and O–H groups in total. The van der Waals surface area contributed by atoms with Crippen molar-refractivity contribution in [3.05, 3.63) is 0 Å². The van der Waals surface area contributed by atoms with Crippen molar-refractivity contribution in [1.29, 1.82) is 0 Å². The Bertz CT molecular complexity index is 264. The summed E-state index contributed by atoms with van der Waals surface area (Å²) in [5.41, 5.74) is 11.1. The number of Topliss-reactive ketones (excluding diaryl/α,β-unsaturated/α-hetero) is 2. The third-order valence-electron chi connectivity index (χ3n) is 2.65. The van der Waals surface area contributed by atoms with Crippen LogP contribution in [0.15, 0.2) is 0 Å². The van der Waals surface area contributed by atoms with Gasteiger partial charge in [-0.05, 0) is 26.3 Å². The molecule has 0 aromatic heterocycles. The monoisotopic (exact) mass is 371 g/mol. The minimum Gasteiger partial charge on any atom is -0.330 e. The Kier molecular flexibility index (Phi) is 10.7. The zero-order valence-corrected chi connectivity index (χ0v) is 12.8. The average Bonchev–Trinajstić information content (AvgIpc) is 2.35. The van der Waals surface area contributed by atoms with Crippen LogP contribution >= 0.6 is 23.0 Å². The fraction of sp³-hybridized carbons (Fsp3) is 0.818. The second-order valence-electron chi connectivity index (χ2n) is 4.18. The molecular formula is C11H22IN3O3. The van der Waals surface area contributed by atoms with Gasteiger partial charge in [0.1, 0.15) is 29.6 Å². The highest BCUT2D eigenvalue weighted by molar-refractivity contribution is 14.1. The van der Waals surface area contributed by atoms with Crippen molar-refractivity contribution >= 4 is 34.6 Å². The van der Waals surface area contributed by atoms with E-state index in [9.17, 15) is 9.59 Å². The van der Waals surface area contributed by atoms with Gasteiger partial charge in [0.15, 0.2) is 11.6 Å². The van der Waals surface area contributed by atoms with Crippen molar-refractivity contribution in [1.82, 2.24) is 5.32 Å². The van der Waals surface area contributed by atoms with E-state index >= 15 is 0 Å². The van der Waals surface area contributed by atoms with Crippen molar-refractivity contribution in [2.24, 2.45) is 11.5 Å². The van der Waals surface area contributed by atoms with Gasteiger partial charge in [0.25, 0.3) is 0 Å². The normalized spacial score (nSPS) is 14.2. The maximum absolute atomic E-state index is 11.7. The molecule has 0 saturated carbocycles. The molecule has 0 aromatic rings. The summed E-state index contributed by atoms with van der Waals surface area (Å²) < 4.78 is 4.70. The van der Waals surface area contributed by atoms with Gasteiger partial charge in [0.05, 0.1) is 18.6 Å². The first-order valence-corrected chi connectivity index (χ1v) is 6.89. The minimum atomic E-state index is -0.479. The first-order valence-electron chi connectivity index (χ1n) is 6.01. The highest BCUT2D eigenvalue weighted by atomic mass is 127. The quantitative estimate of drug-likeness (QED) is 0.347. The van der Waals surface area contributed by atoms with E-state index in [1.807, 2.05) is 0 Å². The van der Waals surface area contributed by atoms with Crippen LogP contribution < -0.4 is 16.8 Å². The molecule has 0 unspecified atom stereocenters.